The van der Waals surface area contributed by atoms with Crippen LogP contribution in [-0.4, -0.2) is 55.2 Å². The van der Waals surface area contributed by atoms with Gasteiger partial charge in [0, 0.05) is 0 Å². The minimum Gasteiger partial charge on any atom is -0.497 e. The Kier molecular flexibility index (Phi) is 11.0. The highest BCUT2D eigenvalue weighted by atomic mass is 32.2. The summed E-state index contributed by atoms with van der Waals surface area (Å²) in [7, 11) is -2.13. The molecule has 3 aromatic carbocycles. The van der Waals surface area contributed by atoms with Gasteiger partial charge >= 0.3 is 0 Å². The van der Waals surface area contributed by atoms with Crippen LogP contribution >= 0.6 is 0 Å². The zero-order valence-electron chi connectivity index (χ0n) is 20.6. The maximum Gasteiger partial charge on any atom is 0.297 e. The van der Waals surface area contributed by atoms with Gasteiger partial charge in [0.25, 0.3) is 10.1 Å². The standard InChI is InChI=1S/C27H32O8S/c1-22-3-13-27(14-4-22)36(28,29)35-20-18-32-16-15-31-17-19-33-25-9-11-26(12-10-25)34-21-23-5-7-24(30-2)8-6-23/h3-14H,15-21H2,1-2H3. The molecule has 0 atom stereocenters. The predicted octanol–water partition coefficient (Wildman–Crippen LogP) is 4.40. The van der Waals surface area contributed by atoms with Gasteiger partial charge in [0.15, 0.2) is 0 Å². The molecule has 0 radical (unpaired) electrons. The van der Waals surface area contributed by atoms with Crippen LogP contribution in [0.2, 0.25) is 0 Å². The molecule has 0 unspecified atom stereocenters. The van der Waals surface area contributed by atoms with E-state index in [0.717, 1.165) is 28.4 Å². The van der Waals surface area contributed by atoms with Gasteiger partial charge in [0.05, 0.1) is 45.0 Å². The van der Waals surface area contributed by atoms with Crippen LogP contribution in [0.1, 0.15) is 11.1 Å². The monoisotopic (exact) mass is 516 g/mol. The topological polar surface area (TPSA) is 89.5 Å². The van der Waals surface area contributed by atoms with E-state index in [1.165, 1.54) is 12.1 Å². The lowest BCUT2D eigenvalue weighted by Crippen LogP contribution is -2.14. The Morgan fingerprint density at radius 3 is 1.75 bits per heavy atom. The fourth-order valence-corrected chi connectivity index (χ4v) is 3.93. The van der Waals surface area contributed by atoms with Crippen LogP contribution < -0.4 is 14.2 Å². The van der Waals surface area contributed by atoms with Crippen LogP contribution in [0.15, 0.2) is 77.7 Å². The first-order valence-electron chi connectivity index (χ1n) is 11.6. The summed E-state index contributed by atoms with van der Waals surface area (Å²) in [5.41, 5.74) is 2.03. The third kappa shape index (κ3) is 9.50. The first-order valence-corrected chi connectivity index (χ1v) is 13.0. The highest BCUT2D eigenvalue weighted by Crippen LogP contribution is 2.19. The Morgan fingerprint density at radius 1 is 0.611 bits per heavy atom. The van der Waals surface area contributed by atoms with E-state index in [1.54, 1.807) is 19.2 Å². The molecule has 36 heavy (non-hydrogen) atoms. The van der Waals surface area contributed by atoms with Crippen LogP contribution in [0.4, 0.5) is 0 Å². The number of benzene rings is 3. The number of methoxy groups -OCH3 is 1. The minimum absolute atomic E-state index is 0.0564. The van der Waals surface area contributed by atoms with Gasteiger partial charge in [0.1, 0.15) is 30.5 Å². The van der Waals surface area contributed by atoms with E-state index in [2.05, 4.69) is 0 Å². The van der Waals surface area contributed by atoms with Crippen molar-refractivity contribution < 1.29 is 36.3 Å². The molecule has 0 amide bonds. The average molecular weight is 517 g/mol. The molecular formula is C27H32O8S. The van der Waals surface area contributed by atoms with Crippen molar-refractivity contribution >= 4 is 10.1 Å². The normalized spacial score (nSPS) is 11.3. The van der Waals surface area contributed by atoms with E-state index in [-0.39, 0.29) is 18.1 Å². The summed E-state index contributed by atoms with van der Waals surface area (Å²) in [6, 6.07) is 21.6. The fourth-order valence-electron chi connectivity index (χ4n) is 3.04. The molecule has 0 saturated carbocycles. The molecule has 0 aromatic heterocycles. The van der Waals surface area contributed by atoms with E-state index in [4.69, 9.17) is 27.9 Å². The van der Waals surface area contributed by atoms with Crippen LogP contribution in [0, 0.1) is 6.92 Å². The van der Waals surface area contributed by atoms with Gasteiger partial charge in [-0.05, 0) is 61.0 Å². The molecule has 0 aliphatic heterocycles. The van der Waals surface area contributed by atoms with Crippen molar-refractivity contribution in [2.45, 2.75) is 18.4 Å². The fraction of sp³-hybridized carbons (Fsp3) is 0.333. The summed E-state index contributed by atoms with van der Waals surface area (Å²) in [4.78, 5) is 0.132. The lowest BCUT2D eigenvalue weighted by atomic mass is 10.2. The van der Waals surface area contributed by atoms with Crippen LogP contribution in [-0.2, 0) is 30.4 Å². The summed E-state index contributed by atoms with van der Waals surface area (Å²) in [6.45, 7) is 3.94. The van der Waals surface area contributed by atoms with Gasteiger partial charge in [-0.2, -0.15) is 8.42 Å². The van der Waals surface area contributed by atoms with Gasteiger partial charge in [-0.25, -0.2) is 0 Å². The van der Waals surface area contributed by atoms with Crippen molar-refractivity contribution in [2.75, 3.05) is 46.8 Å². The minimum atomic E-state index is -3.77. The summed E-state index contributed by atoms with van der Waals surface area (Å²) < 4.78 is 56.5. The van der Waals surface area contributed by atoms with E-state index >= 15 is 0 Å². The molecule has 0 fully saturated rings. The highest BCUT2D eigenvalue weighted by Gasteiger charge is 2.14. The van der Waals surface area contributed by atoms with Gasteiger partial charge in [-0.15, -0.1) is 0 Å². The lowest BCUT2D eigenvalue weighted by Gasteiger charge is -2.10. The van der Waals surface area contributed by atoms with Crippen LogP contribution in [0.3, 0.4) is 0 Å². The van der Waals surface area contributed by atoms with Crippen LogP contribution in [0.25, 0.3) is 0 Å². The molecular weight excluding hydrogens is 484 g/mol. The Bertz CT molecular complexity index is 1130. The molecule has 0 spiro atoms. The first kappa shape index (κ1) is 27.5. The highest BCUT2D eigenvalue weighted by molar-refractivity contribution is 7.86. The second kappa shape index (κ2) is 14.4. The number of rotatable bonds is 16. The van der Waals surface area contributed by atoms with Gasteiger partial charge in [0.2, 0.25) is 0 Å². The number of hydrogen-bond acceptors (Lipinski definition) is 8. The van der Waals surface area contributed by atoms with Crippen molar-refractivity contribution in [3.05, 3.63) is 83.9 Å². The Labute approximate surface area is 212 Å². The zero-order chi connectivity index (χ0) is 25.6. The SMILES string of the molecule is COc1ccc(COc2ccc(OCCOCCOCCOS(=O)(=O)c3ccc(C)cc3)cc2)cc1. The second-order valence-corrected chi connectivity index (χ2v) is 9.39. The van der Waals surface area contributed by atoms with Gasteiger partial charge in [-0.3, -0.25) is 4.18 Å². The third-order valence-corrected chi connectivity index (χ3v) is 6.36. The average Bonchev–Trinajstić information content (AvgIpc) is 2.89. The predicted molar refractivity (Wildman–Crippen MR) is 135 cm³/mol. The quantitative estimate of drug-likeness (QED) is 0.204. The molecule has 9 heteroatoms. The van der Waals surface area contributed by atoms with Crippen LogP contribution in [0.5, 0.6) is 17.2 Å². The maximum atomic E-state index is 12.1. The molecule has 194 valence electrons. The van der Waals surface area contributed by atoms with Crippen molar-refractivity contribution in [1.82, 2.24) is 0 Å². The third-order valence-electron chi connectivity index (χ3n) is 5.03. The lowest BCUT2D eigenvalue weighted by molar-refractivity contribution is 0.0279. The summed E-state index contributed by atoms with van der Waals surface area (Å²) >= 11 is 0. The smallest absolute Gasteiger partial charge is 0.297 e. The van der Waals surface area contributed by atoms with Crippen molar-refractivity contribution in [3.63, 3.8) is 0 Å². The Hall–Kier alpha value is -3.11. The first-order chi connectivity index (χ1) is 17.5. The number of ether oxygens (including phenoxy) is 5. The van der Waals surface area contributed by atoms with E-state index in [9.17, 15) is 8.42 Å². The maximum absolute atomic E-state index is 12.1. The van der Waals surface area contributed by atoms with E-state index < -0.39 is 10.1 Å². The summed E-state index contributed by atoms with van der Waals surface area (Å²) in [5.74, 6) is 2.29. The van der Waals surface area contributed by atoms with Gasteiger partial charge < -0.3 is 23.7 Å². The molecule has 0 heterocycles. The molecule has 8 nitrogen and oxygen atoms in total. The number of aryl methyl sites for hydroxylation is 1. The van der Waals surface area contributed by atoms with Crippen molar-refractivity contribution in [3.8, 4) is 17.2 Å². The summed E-state index contributed by atoms with van der Waals surface area (Å²) in [6.07, 6.45) is 0. The summed E-state index contributed by atoms with van der Waals surface area (Å²) in [5, 5.41) is 0. The molecule has 3 rings (SSSR count). The largest absolute Gasteiger partial charge is 0.497 e. The van der Waals surface area contributed by atoms with Crippen molar-refractivity contribution in [2.24, 2.45) is 0 Å². The van der Waals surface area contributed by atoms with Gasteiger partial charge in [-0.1, -0.05) is 29.8 Å². The Morgan fingerprint density at radius 2 is 1.14 bits per heavy atom. The Balaban J connectivity index is 1.20. The molecule has 0 aliphatic rings. The molecule has 0 N–H and O–H groups in total. The molecule has 0 aliphatic carbocycles. The number of hydrogen-bond donors (Lipinski definition) is 0. The van der Waals surface area contributed by atoms with Crippen molar-refractivity contribution in [1.29, 1.82) is 0 Å². The molecule has 0 bridgehead atoms. The zero-order valence-corrected chi connectivity index (χ0v) is 21.4. The van der Waals surface area contributed by atoms with E-state index in [1.807, 2.05) is 55.5 Å². The molecule has 0 saturated heterocycles. The van der Waals surface area contributed by atoms with E-state index in [0.29, 0.717) is 33.0 Å². The second-order valence-electron chi connectivity index (χ2n) is 7.77. The molecule has 3 aromatic rings.